The summed E-state index contributed by atoms with van der Waals surface area (Å²) in [5.74, 6) is -0.784. The molecule has 7 heteroatoms. The lowest BCUT2D eigenvalue weighted by Crippen LogP contribution is -2.52. The zero-order chi connectivity index (χ0) is 15.3. The molecule has 1 rings (SSSR count). The predicted octanol–water partition coefficient (Wildman–Crippen LogP) is 1.44. The lowest BCUT2D eigenvalue weighted by Gasteiger charge is -2.32. The number of carboxylic acid groups (broad SMARTS) is 1. The van der Waals surface area contributed by atoms with Crippen LogP contribution >= 0.6 is 0 Å². The molecule has 1 heterocycles. The van der Waals surface area contributed by atoms with E-state index in [1.807, 2.05) is 6.92 Å². The molecule has 1 fully saturated rings. The molecule has 20 heavy (non-hydrogen) atoms. The largest absolute Gasteiger partial charge is 0.480 e. The Morgan fingerprint density at radius 2 is 1.90 bits per heavy atom. The summed E-state index contributed by atoms with van der Waals surface area (Å²) >= 11 is 0. The van der Waals surface area contributed by atoms with Crippen molar-refractivity contribution in [3.63, 3.8) is 0 Å². The molecule has 0 saturated carbocycles. The first kappa shape index (κ1) is 17.4. The first-order valence-electron chi connectivity index (χ1n) is 7.32. The number of hydrogen-bond acceptors (Lipinski definition) is 3. The van der Waals surface area contributed by atoms with E-state index >= 15 is 0 Å². The fourth-order valence-corrected chi connectivity index (χ4v) is 3.93. The minimum absolute atomic E-state index is 0.240. The van der Waals surface area contributed by atoms with Crippen LogP contribution in [0.15, 0.2) is 0 Å². The van der Waals surface area contributed by atoms with Crippen LogP contribution in [0.1, 0.15) is 46.5 Å². The molecule has 1 aliphatic rings. The number of nitrogens with one attached hydrogen (secondary N) is 1. The van der Waals surface area contributed by atoms with Crippen molar-refractivity contribution in [3.05, 3.63) is 0 Å². The predicted molar refractivity (Wildman–Crippen MR) is 77.5 cm³/mol. The van der Waals surface area contributed by atoms with Crippen molar-refractivity contribution in [2.75, 3.05) is 13.1 Å². The van der Waals surface area contributed by atoms with Crippen LogP contribution in [0.25, 0.3) is 0 Å². The molecule has 2 unspecified atom stereocenters. The number of carbonyl (C=O) groups is 1. The van der Waals surface area contributed by atoms with Gasteiger partial charge in [-0.25, -0.2) is 0 Å². The van der Waals surface area contributed by atoms with E-state index in [1.54, 1.807) is 6.92 Å². The van der Waals surface area contributed by atoms with Gasteiger partial charge in [-0.3, -0.25) is 4.79 Å². The van der Waals surface area contributed by atoms with Gasteiger partial charge in [-0.05, 0) is 24.7 Å². The summed E-state index contributed by atoms with van der Waals surface area (Å²) < 4.78 is 28.3. The molecule has 6 nitrogen and oxygen atoms in total. The summed E-state index contributed by atoms with van der Waals surface area (Å²) in [6, 6.07) is -1.06. The molecule has 1 aliphatic heterocycles. The first-order chi connectivity index (χ1) is 9.31. The quantitative estimate of drug-likeness (QED) is 0.745. The second kappa shape index (κ2) is 7.38. The molecule has 0 aliphatic carbocycles. The van der Waals surface area contributed by atoms with E-state index in [4.69, 9.17) is 0 Å². The van der Waals surface area contributed by atoms with E-state index in [9.17, 15) is 18.3 Å². The van der Waals surface area contributed by atoms with Crippen molar-refractivity contribution in [2.45, 2.75) is 52.5 Å². The number of hydrogen-bond donors (Lipinski definition) is 2. The Labute approximate surface area is 121 Å². The minimum Gasteiger partial charge on any atom is -0.480 e. The monoisotopic (exact) mass is 306 g/mol. The molecule has 0 bridgehead atoms. The van der Waals surface area contributed by atoms with Crippen molar-refractivity contribution in [2.24, 2.45) is 11.8 Å². The molecule has 2 atom stereocenters. The first-order valence-corrected chi connectivity index (χ1v) is 8.76. The van der Waals surface area contributed by atoms with E-state index in [0.29, 0.717) is 25.4 Å². The zero-order valence-electron chi connectivity index (χ0n) is 12.5. The third-order valence-electron chi connectivity index (χ3n) is 4.25. The highest BCUT2D eigenvalue weighted by Gasteiger charge is 2.33. The van der Waals surface area contributed by atoms with Gasteiger partial charge >= 0.3 is 5.97 Å². The van der Waals surface area contributed by atoms with Crippen LogP contribution in [-0.2, 0) is 15.0 Å². The lowest BCUT2D eigenvalue weighted by molar-refractivity contribution is -0.140. The summed E-state index contributed by atoms with van der Waals surface area (Å²) in [6.45, 7) is 6.64. The highest BCUT2D eigenvalue weighted by atomic mass is 32.2. The Balaban J connectivity index is 2.71. The van der Waals surface area contributed by atoms with E-state index in [1.165, 1.54) is 4.31 Å². The van der Waals surface area contributed by atoms with Crippen molar-refractivity contribution in [1.29, 1.82) is 0 Å². The number of carboxylic acids is 1. The van der Waals surface area contributed by atoms with Gasteiger partial charge in [0.1, 0.15) is 6.04 Å². The van der Waals surface area contributed by atoms with Gasteiger partial charge in [0.25, 0.3) is 10.2 Å². The summed E-state index contributed by atoms with van der Waals surface area (Å²) in [6.07, 6.45) is 3.36. The Bertz CT molecular complexity index is 416. The number of nitrogens with zero attached hydrogens (tertiary/aromatic N) is 1. The van der Waals surface area contributed by atoms with Gasteiger partial charge in [0.15, 0.2) is 0 Å². The average Bonchev–Trinajstić information content (AvgIpc) is 2.43. The summed E-state index contributed by atoms with van der Waals surface area (Å²) in [4.78, 5) is 11.2. The van der Waals surface area contributed by atoms with E-state index < -0.39 is 22.2 Å². The summed E-state index contributed by atoms with van der Waals surface area (Å²) in [5, 5.41) is 9.17. The highest BCUT2D eigenvalue weighted by molar-refractivity contribution is 7.87. The van der Waals surface area contributed by atoms with Gasteiger partial charge in [0.2, 0.25) is 0 Å². The van der Waals surface area contributed by atoms with Crippen LogP contribution in [0.5, 0.6) is 0 Å². The third-order valence-corrected chi connectivity index (χ3v) is 5.84. The van der Waals surface area contributed by atoms with Crippen molar-refractivity contribution in [3.8, 4) is 0 Å². The maximum Gasteiger partial charge on any atom is 0.322 e. The molecule has 2 N–H and O–H groups in total. The van der Waals surface area contributed by atoms with Crippen molar-refractivity contribution < 1.29 is 18.3 Å². The molecular weight excluding hydrogens is 280 g/mol. The summed E-state index contributed by atoms with van der Waals surface area (Å²) in [5.41, 5.74) is 0. The minimum atomic E-state index is -3.71. The second-order valence-electron chi connectivity index (χ2n) is 5.58. The fourth-order valence-electron chi connectivity index (χ4n) is 2.44. The van der Waals surface area contributed by atoms with Crippen LogP contribution in [0.2, 0.25) is 0 Å². The van der Waals surface area contributed by atoms with E-state index in [0.717, 1.165) is 19.3 Å². The Morgan fingerprint density at radius 1 is 1.35 bits per heavy atom. The fraction of sp³-hybridized carbons (Fsp3) is 0.923. The second-order valence-corrected chi connectivity index (χ2v) is 7.28. The molecule has 0 aromatic carbocycles. The average molecular weight is 306 g/mol. The van der Waals surface area contributed by atoms with E-state index in [-0.39, 0.29) is 5.92 Å². The molecule has 0 aromatic rings. The highest BCUT2D eigenvalue weighted by Crippen LogP contribution is 2.22. The van der Waals surface area contributed by atoms with Crippen molar-refractivity contribution in [1.82, 2.24) is 9.03 Å². The molecule has 0 aromatic heterocycles. The number of piperidine rings is 1. The SMILES string of the molecule is CCC1CCN(S(=O)(=O)NC(C(=O)O)C(C)CC)CC1. The maximum atomic E-state index is 12.3. The molecule has 0 amide bonds. The topological polar surface area (TPSA) is 86.7 Å². The summed E-state index contributed by atoms with van der Waals surface area (Å²) in [7, 11) is -3.71. The van der Waals surface area contributed by atoms with Gasteiger partial charge in [0, 0.05) is 13.1 Å². The van der Waals surface area contributed by atoms with Crippen LogP contribution in [-0.4, -0.2) is 42.9 Å². The molecule has 1 saturated heterocycles. The lowest BCUT2D eigenvalue weighted by atomic mass is 9.96. The van der Waals surface area contributed by atoms with Crippen LogP contribution in [0.3, 0.4) is 0 Å². The zero-order valence-corrected chi connectivity index (χ0v) is 13.3. The van der Waals surface area contributed by atoms with Crippen LogP contribution in [0.4, 0.5) is 0 Å². The van der Waals surface area contributed by atoms with E-state index in [2.05, 4.69) is 11.6 Å². The van der Waals surface area contributed by atoms with Gasteiger partial charge in [-0.15, -0.1) is 0 Å². The van der Waals surface area contributed by atoms with Gasteiger partial charge in [0.05, 0.1) is 0 Å². The van der Waals surface area contributed by atoms with Gasteiger partial charge in [-0.2, -0.15) is 17.4 Å². The molecule has 0 spiro atoms. The Hall–Kier alpha value is -0.660. The smallest absolute Gasteiger partial charge is 0.322 e. The normalized spacial score (nSPS) is 21.6. The van der Waals surface area contributed by atoms with Crippen LogP contribution < -0.4 is 4.72 Å². The standard InChI is InChI=1S/C13H26N2O4S/c1-4-10(3)12(13(16)17)14-20(18,19)15-8-6-11(5-2)7-9-15/h10-12,14H,4-9H2,1-3H3,(H,16,17). The number of rotatable bonds is 7. The van der Waals surface area contributed by atoms with Crippen molar-refractivity contribution >= 4 is 16.2 Å². The van der Waals surface area contributed by atoms with Gasteiger partial charge in [-0.1, -0.05) is 33.6 Å². The Kier molecular flexibility index (Phi) is 6.42. The van der Waals surface area contributed by atoms with Gasteiger partial charge < -0.3 is 5.11 Å². The number of aliphatic carboxylic acids is 1. The molecule has 118 valence electrons. The molecule has 0 radical (unpaired) electrons. The van der Waals surface area contributed by atoms with Crippen LogP contribution in [0, 0.1) is 11.8 Å². The molecular formula is C13H26N2O4S. The Morgan fingerprint density at radius 3 is 2.30 bits per heavy atom. The third kappa shape index (κ3) is 4.43. The maximum absolute atomic E-state index is 12.3.